The normalized spacial score (nSPS) is 16.6. The molecule has 6 heteroatoms. The first-order valence-corrected chi connectivity index (χ1v) is 9.33. The number of nitrogens with one attached hydrogen (secondary N) is 2. The Hall–Kier alpha value is -1.63. The predicted molar refractivity (Wildman–Crippen MR) is 102 cm³/mol. The maximum Gasteiger partial charge on any atom is 0.319 e. The van der Waals surface area contributed by atoms with Gasteiger partial charge in [0.05, 0.1) is 13.2 Å². The molecule has 0 bridgehead atoms. The molecule has 2 amide bonds. The van der Waals surface area contributed by atoms with Gasteiger partial charge in [-0.2, -0.15) is 0 Å². The number of amides is 2. The highest BCUT2D eigenvalue weighted by Crippen LogP contribution is 2.22. The molecule has 1 atom stereocenters. The second-order valence-electron chi connectivity index (χ2n) is 6.35. The molecule has 140 valence electrons. The maximum absolute atomic E-state index is 12.0. The van der Waals surface area contributed by atoms with E-state index in [2.05, 4.69) is 53.3 Å². The minimum atomic E-state index is -0.152. The minimum absolute atomic E-state index is 0.152. The monoisotopic (exact) mass is 348 g/mol. The fourth-order valence-corrected chi connectivity index (χ4v) is 3.06. The van der Waals surface area contributed by atoms with Gasteiger partial charge in [0, 0.05) is 37.9 Å². The van der Waals surface area contributed by atoms with Crippen molar-refractivity contribution in [3.8, 4) is 0 Å². The van der Waals surface area contributed by atoms with Gasteiger partial charge in [0.25, 0.3) is 0 Å². The van der Waals surface area contributed by atoms with Crippen molar-refractivity contribution in [2.45, 2.75) is 26.8 Å². The van der Waals surface area contributed by atoms with Gasteiger partial charge in [-0.3, -0.25) is 4.90 Å². The van der Waals surface area contributed by atoms with E-state index in [1.807, 2.05) is 12.1 Å². The molecule has 1 aromatic carbocycles. The third-order valence-corrected chi connectivity index (χ3v) is 4.85. The molecule has 0 saturated carbocycles. The van der Waals surface area contributed by atoms with E-state index in [0.29, 0.717) is 12.6 Å². The number of nitrogens with zero attached hydrogens (tertiary/aromatic N) is 2. The lowest BCUT2D eigenvalue weighted by molar-refractivity contribution is 0.0198. The zero-order valence-corrected chi connectivity index (χ0v) is 15.8. The second-order valence-corrected chi connectivity index (χ2v) is 6.35. The third-order valence-electron chi connectivity index (χ3n) is 4.85. The number of morpholine rings is 1. The molecule has 1 aliphatic rings. The Morgan fingerprint density at radius 2 is 1.84 bits per heavy atom. The van der Waals surface area contributed by atoms with Crippen LogP contribution in [0.5, 0.6) is 0 Å². The number of carbonyl (C=O) groups is 1. The van der Waals surface area contributed by atoms with Gasteiger partial charge in [-0.15, -0.1) is 0 Å². The number of benzene rings is 1. The summed E-state index contributed by atoms with van der Waals surface area (Å²) in [4.78, 5) is 16.7. The molecule has 1 aromatic rings. The van der Waals surface area contributed by atoms with Crippen LogP contribution in [-0.4, -0.2) is 68.3 Å². The average Bonchev–Trinajstić information content (AvgIpc) is 2.66. The SMILES string of the molecule is CCN(CC)CCNC(=O)Nc1ccc([C@H](C)N2CCOCC2)cc1. The standard InChI is InChI=1S/C19H32N4O2/c1-4-22(5-2)11-10-20-19(24)21-18-8-6-17(7-9-18)16(3)23-12-14-25-15-13-23/h6-9,16H,4-5,10-15H2,1-3H3,(H2,20,21,24)/t16-/m0/s1. The fourth-order valence-electron chi connectivity index (χ4n) is 3.06. The Kier molecular flexibility index (Phi) is 8.18. The lowest BCUT2D eigenvalue weighted by atomic mass is 10.1. The van der Waals surface area contributed by atoms with Gasteiger partial charge in [-0.25, -0.2) is 4.79 Å². The van der Waals surface area contributed by atoms with Gasteiger partial charge in [0.1, 0.15) is 0 Å². The number of rotatable bonds is 8. The Morgan fingerprint density at radius 3 is 2.44 bits per heavy atom. The largest absolute Gasteiger partial charge is 0.379 e. The predicted octanol–water partition coefficient (Wildman–Crippen LogP) is 2.54. The number of hydrogen-bond donors (Lipinski definition) is 2. The van der Waals surface area contributed by atoms with Crippen LogP contribution in [0.15, 0.2) is 24.3 Å². The number of urea groups is 1. The summed E-state index contributed by atoms with van der Waals surface area (Å²) in [5.74, 6) is 0. The molecule has 0 aromatic heterocycles. The van der Waals surface area contributed by atoms with Crippen LogP contribution in [-0.2, 0) is 4.74 Å². The zero-order chi connectivity index (χ0) is 18.1. The fraction of sp³-hybridized carbons (Fsp3) is 0.632. The highest BCUT2D eigenvalue weighted by Gasteiger charge is 2.18. The first-order valence-electron chi connectivity index (χ1n) is 9.33. The van der Waals surface area contributed by atoms with Crippen molar-refractivity contribution < 1.29 is 9.53 Å². The molecule has 1 fully saturated rings. The average molecular weight is 348 g/mol. The quantitative estimate of drug-likeness (QED) is 0.758. The van der Waals surface area contributed by atoms with E-state index in [1.165, 1.54) is 5.56 Å². The summed E-state index contributed by atoms with van der Waals surface area (Å²) in [6.45, 7) is 13.5. The van der Waals surface area contributed by atoms with E-state index < -0.39 is 0 Å². The van der Waals surface area contributed by atoms with Crippen LogP contribution in [0.1, 0.15) is 32.4 Å². The molecule has 6 nitrogen and oxygen atoms in total. The Balaban J connectivity index is 1.78. The van der Waals surface area contributed by atoms with Crippen LogP contribution in [0.3, 0.4) is 0 Å². The van der Waals surface area contributed by atoms with Crippen molar-refractivity contribution in [1.29, 1.82) is 0 Å². The number of carbonyl (C=O) groups excluding carboxylic acids is 1. The van der Waals surface area contributed by atoms with Crippen LogP contribution < -0.4 is 10.6 Å². The topological polar surface area (TPSA) is 56.8 Å². The first-order chi connectivity index (χ1) is 12.1. The van der Waals surface area contributed by atoms with E-state index in [-0.39, 0.29) is 6.03 Å². The summed E-state index contributed by atoms with van der Waals surface area (Å²) in [5.41, 5.74) is 2.08. The van der Waals surface area contributed by atoms with Gasteiger partial charge < -0.3 is 20.3 Å². The Bertz CT molecular complexity index is 511. The van der Waals surface area contributed by atoms with Gasteiger partial charge in [0.2, 0.25) is 0 Å². The zero-order valence-electron chi connectivity index (χ0n) is 15.8. The summed E-state index contributed by atoms with van der Waals surface area (Å²) in [6, 6.07) is 8.33. The molecule has 0 unspecified atom stereocenters. The minimum Gasteiger partial charge on any atom is -0.379 e. The number of hydrogen-bond acceptors (Lipinski definition) is 4. The molecule has 2 rings (SSSR count). The van der Waals surface area contributed by atoms with E-state index in [1.54, 1.807) is 0 Å². The lowest BCUT2D eigenvalue weighted by Crippen LogP contribution is -2.38. The van der Waals surface area contributed by atoms with Crippen LogP contribution in [0.4, 0.5) is 10.5 Å². The summed E-state index contributed by atoms with van der Waals surface area (Å²) in [5, 5.41) is 5.80. The van der Waals surface area contributed by atoms with E-state index >= 15 is 0 Å². The van der Waals surface area contributed by atoms with E-state index in [0.717, 1.165) is 51.6 Å². The Morgan fingerprint density at radius 1 is 1.20 bits per heavy atom. The van der Waals surface area contributed by atoms with Crippen molar-refractivity contribution in [2.24, 2.45) is 0 Å². The van der Waals surface area contributed by atoms with Crippen molar-refractivity contribution in [3.05, 3.63) is 29.8 Å². The van der Waals surface area contributed by atoms with Gasteiger partial charge in [0.15, 0.2) is 0 Å². The highest BCUT2D eigenvalue weighted by molar-refractivity contribution is 5.89. The van der Waals surface area contributed by atoms with Crippen LogP contribution in [0.25, 0.3) is 0 Å². The van der Waals surface area contributed by atoms with Crippen molar-refractivity contribution in [3.63, 3.8) is 0 Å². The number of anilines is 1. The highest BCUT2D eigenvalue weighted by atomic mass is 16.5. The molecule has 1 saturated heterocycles. The van der Waals surface area contributed by atoms with Gasteiger partial charge in [-0.05, 0) is 37.7 Å². The molecule has 0 aliphatic carbocycles. The van der Waals surface area contributed by atoms with E-state index in [9.17, 15) is 4.79 Å². The summed E-state index contributed by atoms with van der Waals surface area (Å²) >= 11 is 0. The van der Waals surface area contributed by atoms with Crippen molar-refractivity contribution in [1.82, 2.24) is 15.1 Å². The lowest BCUT2D eigenvalue weighted by Gasteiger charge is -2.32. The third kappa shape index (κ3) is 6.30. The number of ether oxygens (including phenoxy) is 1. The van der Waals surface area contributed by atoms with Gasteiger partial charge >= 0.3 is 6.03 Å². The molecule has 0 spiro atoms. The summed E-state index contributed by atoms with van der Waals surface area (Å²) < 4.78 is 5.41. The van der Waals surface area contributed by atoms with Crippen LogP contribution in [0.2, 0.25) is 0 Å². The molecular formula is C19H32N4O2. The van der Waals surface area contributed by atoms with E-state index in [4.69, 9.17) is 4.74 Å². The second kappa shape index (κ2) is 10.4. The van der Waals surface area contributed by atoms with Crippen LogP contribution in [0, 0.1) is 0 Å². The molecule has 25 heavy (non-hydrogen) atoms. The summed E-state index contributed by atoms with van der Waals surface area (Å²) in [7, 11) is 0. The molecule has 2 N–H and O–H groups in total. The molecule has 1 heterocycles. The van der Waals surface area contributed by atoms with Gasteiger partial charge in [-0.1, -0.05) is 26.0 Å². The van der Waals surface area contributed by atoms with Crippen molar-refractivity contribution in [2.75, 3.05) is 57.8 Å². The molecular weight excluding hydrogens is 316 g/mol. The maximum atomic E-state index is 12.0. The smallest absolute Gasteiger partial charge is 0.319 e. The van der Waals surface area contributed by atoms with Crippen LogP contribution >= 0.6 is 0 Å². The molecule has 1 aliphatic heterocycles. The first kappa shape index (κ1) is 19.7. The molecule has 0 radical (unpaired) electrons. The summed E-state index contributed by atoms with van der Waals surface area (Å²) in [6.07, 6.45) is 0. The Labute approximate surface area is 151 Å². The van der Waals surface area contributed by atoms with Crippen molar-refractivity contribution >= 4 is 11.7 Å². The number of likely N-dealkylation sites (N-methyl/N-ethyl adjacent to an activating group) is 1.